The number of para-hydroxylation sites is 1. The minimum atomic E-state index is -0.443. The molecule has 0 saturated carbocycles. The van der Waals surface area contributed by atoms with Crippen LogP contribution in [0.15, 0.2) is 66.4 Å². The second-order valence-corrected chi connectivity index (χ2v) is 6.65. The van der Waals surface area contributed by atoms with Crippen LogP contribution in [0.1, 0.15) is 0 Å². The molecular weight excluding hydrogens is 368 g/mol. The lowest BCUT2D eigenvalue weighted by Gasteiger charge is -2.33. The highest BCUT2D eigenvalue weighted by atomic mass is 16.5. The van der Waals surface area contributed by atoms with Gasteiger partial charge in [-0.15, -0.1) is 0 Å². The molecule has 7 nitrogen and oxygen atoms in total. The van der Waals surface area contributed by atoms with Gasteiger partial charge < -0.3 is 20.1 Å². The Morgan fingerprint density at radius 2 is 1.72 bits per heavy atom. The standard InChI is InChI=1S/C22H24N4O3/c23-16-18(17-26-12-10-25(11-13-26)14-15-27)22(28)24-19-6-8-21(9-7-19)29-20-4-2-1-3-5-20/h1-9,17,27H,10-15H2,(H,24,28)/b18-17-. The normalized spacial score (nSPS) is 14.9. The van der Waals surface area contributed by atoms with Gasteiger partial charge in [0.1, 0.15) is 23.1 Å². The van der Waals surface area contributed by atoms with E-state index in [1.54, 1.807) is 30.5 Å². The summed E-state index contributed by atoms with van der Waals surface area (Å²) in [5, 5.41) is 21.1. The van der Waals surface area contributed by atoms with Crippen molar-refractivity contribution >= 4 is 11.6 Å². The van der Waals surface area contributed by atoms with Crippen LogP contribution < -0.4 is 10.1 Å². The lowest BCUT2D eigenvalue weighted by Crippen LogP contribution is -2.45. The first-order valence-electron chi connectivity index (χ1n) is 9.51. The second kappa shape index (κ2) is 10.3. The highest BCUT2D eigenvalue weighted by Gasteiger charge is 2.17. The Balaban J connectivity index is 1.56. The molecule has 2 aromatic carbocycles. The van der Waals surface area contributed by atoms with Crippen molar-refractivity contribution in [1.29, 1.82) is 5.26 Å². The summed E-state index contributed by atoms with van der Waals surface area (Å²) >= 11 is 0. The Hall–Kier alpha value is -3.34. The van der Waals surface area contributed by atoms with Gasteiger partial charge in [-0.25, -0.2) is 0 Å². The summed E-state index contributed by atoms with van der Waals surface area (Å²) in [6, 6.07) is 18.4. The number of rotatable bonds is 7. The van der Waals surface area contributed by atoms with Gasteiger partial charge in [0.15, 0.2) is 0 Å². The van der Waals surface area contributed by atoms with Crippen LogP contribution in [-0.2, 0) is 4.79 Å². The highest BCUT2D eigenvalue weighted by molar-refractivity contribution is 6.06. The van der Waals surface area contributed by atoms with E-state index in [2.05, 4.69) is 10.2 Å². The van der Waals surface area contributed by atoms with Crippen molar-refractivity contribution in [2.45, 2.75) is 0 Å². The van der Waals surface area contributed by atoms with E-state index in [9.17, 15) is 10.1 Å². The maximum atomic E-state index is 12.5. The maximum absolute atomic E-state index is 12.5. The number of aliphatic hydroxyl groups excluding tert-OH is 1. The number of aliphatic hydroxyl groups is 1. The summed E-state index contributed by atoms with van der Waals surface area (Å²) in [4.78, 5) is 16.6. The zero-order valence-electron chi connectivity index (χ0n) is 16.1. The number of carbonyl (C=O) groups excluding carboxylic acids is 1. The molecular formula is C22H24N4O3. The number of benzene rings is 2. The summed E-state index contributed by atoms with van der Waals surface area (Å²) < 4.78 is 5.73. The van der Waals surface area contributed by atoms with Crippen LogP contribution in [0, 0.1) is 11.3 Å². The zero-order chi connectivity index (χ0) is 20.5. The summed E-state index contributed by atoms with van der Waals surface area (Å²) in [7, 11) is 0. The molecule has 0 radical (unpaired) electrons. The average Bonchev–Trinajstić information content (AvgIpc) is 2.75. The summed E-state index contributed by atoms with van der Waals surface area (Å²) in [5.74, 6) is 0.950. The van der Waals surface area contributed by atoms with Crippen LogP contribution in [0.5, 0.6) is 11.5 Å². The molecule has 1 amide bonds. The first-order valence-corrected chi connectivity index (χ1v) is 9.51. The number of ether oxygens (including phenoxy) is 1. The van der Waals surface area contributed by atoms with Gasteiger partial charge in [-0.1, -0.05) is 18.2 Å². The Morgan fingerprint density at radius 1 is 1.07 bits per heavy atom. The lowest BCUT2D eigenvalue weighted by molar-refractivity contribution is -0.112. The fourth-order valence-electron chi connectivity index (χ4n) is 3.01. The molecule has 1 aliphatic rings. The van der Waals surface area contributed by atoms with Gasteiger partial charge in [-0.05, 0) is 36.4 Å². The van der Waals surface area contributed by atoms with Crippen LogP contribution in [0.25, 0.3) is 0 Å². The predicted octanol–water partition coefficient (Wildman–Crippen LogP) is 2.43. The third-order valence-corrected chi connectivity index (χ3v) is 4.59. The molecule has 1 aliphatic heterocycles. The van der Waals surface area contributed by atoms with Crippen LogP contribution >= 0.6 is 0 Å². The molecule has 7 heteroatoms. The van der Waals surface area contributed by atoms with E-state index in [0.717, 1.165) is 18.8 Å². The Morgan fingerprint density at radius 3 is 2.34 bits per heavy atom. The van der Waals surface area contributed by atoms with Gasteiger partial charge >= 0.3 is 0 Å². The fraction of sp³-hybridized carbons (Fsp3) is 0.273. The molecule has 0 unspecified atom stereocenters. The molecule has 0 aromatic heterocycles. The van der Waals surface area contributed by atoms with E-state index in [-0.39, 0.29) is 12.2 Å². The second-order valence-electron chi connectivity index (χ2n) is 6.65. The maximum Gasteiger partial charge on any atom is 0.267 e. The number of nitrogens with one attached hydrogen (secondary N) is 1. The Bertz CT molecular complexity index is 867. The number of nitriles is 1. The van der Waals surface area contributed by atoms with Crippen molar-refractivity contribution in [2.75, 3.05) is 44.6 Å². The smallest absolute Gasteiger partial charge is 0.267 e. The summed E-state index contributed by atoms with van der Waals surface area (Å²) in [6.45, 7) is 3.79. The molecule has 1 fully saturated rings. The van der Waals surface area contributed by atoms with Gasteiger partial charge in [0.25, 0.3) is 5.91 Å². The molecule has 29 heavy (non-hydrogen) atoms. The van der Waals surface area contributed by atoms with Crippen molar-refractivity contribution in [3.8, 4) is 17.6 Å². The van der Waals surface area contributed by atoms with Crippen molar-refractivity contribution in [3.05, 3.63) is 66.4 Å². The third-order valence-electron chi connectivity index (χ3n) is 4.59. The van der Waals surface area contributed by atoms with Crippen LogP contribution in [0.3, 0.4) is 0 Å². The van der Waals surface area contributed by atoms with E-state index in [1.807, 2.05) is 41.3 Å². The molecule has 0 aliphatic carbocycles. The van der Waals surface area contributed by atoms with Gasteiger partial charge in [0.05, 0.1) is 6.61 Å². The van der Waals surface area contributed by atoms with Gasteiger partial charge in [-0.3, -0.25) is 9.69 Å². The van der Waals surface area contributed by atoms with Gasteiger partial charge in [0, 0.05) is 44.6 Å². The molecule has 0 atom stereocenters. The topological polar surface area (TPSA) is 88.8 Å². The number of carbonyl (C=O) groups is 1. The van der Waals surface area contributed by atoms with Crippen LogP contribution in [0.4, 0.5) is 5.69 Å². The first kappa shape index (κ1) is 20.4. The molecule has 2 N–H and O–H groups in total. The van der Waals surface area contributed by atoms with E-state index >= 15 is 0 Å². The van der Waals surface area contributed by atoms with E-state index in [1.165, 1.54) is 0 Å². The lowest BCUT2D eigenvalue weighted by atomic mass is 10.2. The molecule has 0 spiro atoms. The minimum absolute atomic E-state index is 0.0604. The number of hydrogen-bond donors (Lipinski definition) is 2. The summed E-state index contributed by atoms with van der Waals surface area (Å²) in [5.41, 5.74) is 0.648. The minimum Gasteiger partial charge on any atom is -0.457 e. The number of β-amino-alcohol motifs (C(OH)–C–C–N with tert-alkyl or cyclic N) is 1. The Kier molecular flexibility index (Phi) is 7.22. The average molecular weight is 392 g/mol. The molecule has 2 aromatic rings. The number of anilines is 1. The van der Waals surface area contributed by atoms with Crippen LogP contribution in [0.2, 0.25) is 0 Å². The molecule has 1 saturated heterocycles. The molecule has 1 heterocycles. The van der Waals surface area contributed by atoms with E-state index in [0.29, 0.717) is 31.1 Å². The predicted molar refractivity (Wildman–Crippen MR) is 110 cm³/mol. The SMILES string of the molecule is N#C/C(=C/N1CCN(CCO)CC1)C(=O)Nc1ccc(Oc2ccccc2)cc1. The van der Waals surface area contributed by atoms with Crippen molar-refractivity contribution in [1.82, 2.24) is 9.80 Å². The third kappa shape index (κ3) is 6.07. The monoisotopic (exact) mass is 392 g/mol. The zero-order valence-corrected chi connectivity index (χ0v) is 16.1. The summed E-state index contributed by atoms with van der Waals surface area (Å²) in [6.07, 6.45) is 1.61. The van der Waals surface area contributed by atoms with Crippen molar-refractivity contribution < 1.29 is 14.6 Å². The molecule has 150 valence electrons. The fourth-order valence-corrected chi connectivity index (χ4v) is 3.01. The van der Waals surface area contributed by atoms with Gasteiger partial charge in [-0.2, -0.15) is 5.26 Å². The number of nitrogens with zero attached hydrogens (tertiary/aromatic N) is 3. The largest absolute Gasteiger partial charge is 0.457 e. The van der Waals surface area contributed by atoms with Gasteiger partial charge in [0.2, 0.25) is 0 Å². The Labute approximate surface area is 170 Å². The number of hydrogen-bond acceptors (Lipinski definition) is 6. The van der Waals surface area contributed by atoms with E-state index < -0.39 is 5.91 Å². The quantitative estimate of drug-likeness (QED) is 0.556. The van der Waals surface area contributed by atoms with Crippen LogP contribution in [-0.4, -0.2) is 60.1 Å². The number of amides is 1. The molecule has 0 bridgehead atoms. The van der Waals surface area contributed by atoms with Crippen molar-refractivity contribution in [3.63, 3.8) is 0 Å². The van der Waals surface area contributed by atoms with E-state index in [4.69, 9.17) is 9.84 Å². The molecule has 3 rings (SSSR count). The first-order chi connectivity index (χ1) is 14.2. The highest BCUT2D eigenvalue weighted by Crippen LogP contribution is 2.22. The van der Waals surface area contributed by atoms with Crippen molar-refractivity contribution in [2.24, 2.45) is 0 Å². The number of piperazine rings is 1.